The summed E-state index contributed by atoms with van der Waals surface area (Å²) < 4.78 is 41.4. The van der Waals surface area contributed by atoms with E-state index in [1.807, 2.05) is 48.7 Å². The standard InChI is InChI=1S/C28H26FN5O3S2/c1-39(35,36)13-12-30-16-27-31-15-26(38-27)20-4-11-24-25(14-20)32-18-33-28(24)34-22-7-9-23(10-8-22)37-17-19-2-5-21(29)6-3-19/h2-11,14-15,18,30H,12-13,16-17H2,1H3,(H,32,33,34). The van der Waals surface area contributed by atoms with Crippen molar-refractivity contribution < 1.29 is 17.5 Å². The molecule has 0 amide bonds. The first kappa shape index (κ1) is 26.7. The zero-order valence-electron chi connectivity index (χ0n) is 21.1. The molecule has 0 aliphatic rings. The Kier molecular flexibility index (Phi) is 8.10. The lowest BCUT2D eigenvalue weighted by atomic mass is 10.1. The number of hydrogen-bond donors (Lipinski definition) is 2. The highest BCUT2D eigenvalue weighted by atomic mass is 32.2. The molecule has 0 spiro atoms. The van der Waals surface area contributed by atoms with Gasteiger partial charge in [0.15, 0.2) is 0 Å². The predicted molar refractivity (Wildman–Crippen MR) is 153 cm³/mol. The van der Waals surface area contributed by atoms with E-state index in [0.29, 0.717) is 31.3 Å². The van der Waals surface area contributed by atoms with E-state index in [2.05, 4.69) is 25.6 Å². The molecule has 200 valence electrons. The van der Waals surface area contributed by atoms with Crippen molar-refractivity contribution >= 4 is 43.6 Å². The van der Waals surface area contributed by atoms with Gasteiger partial charge in [-0.05, 0) is 59.7 Å². The molecule has 2 aromatic heterocycles. The molecule has 8 nitrogen and oxygen atoms in total. The highest BCUT2D eigenvalue weighted by Crippen LogP contribution is 2.31. The second-order valence-electron chi connectivity index (χ2n) is 8.94. The average Bonchev–Trinajstić information content (AvgIpc) is 3.40. The third kappa shape index (κ3) is 7.34. The van der Waals surface area contributed by atoms with E-state index < -0.39 is 9.84 Å². The van der Waals surface area contributed by atoms with Gasteiger partial charge in [-0.25, -0.2) is 27.8 Å². The Balaban J connectivity index is 1.23. The van der Waals surface area contributed by atoms with Crippen LogP contribution in [0, 0.1) is 5.82 Å². The van der Waals surface area contributed by atoms with E-state index in [-0.39, 0.29) is 11.6 Å². The van der Waals surface area contributed by atoms with Crippen molar-refractivity contribution in [3.63, 3.8) is 0 Å². The first-order chi connectivity index (χ1) is 18.8. The Morgan fingerprint density at radius 3 is 2.54 bits per heavy atom. The predicted octanol–water partition coefficient (Wildman–Crippen LogP) is 5.35. The third-order valence-corrected chi connectivity index (χ3v) is 7.83. The van der Waals surface area contributed by atoms with Gasteiger partial charge in [0, 0.05) is 36.6 Å². The lowest BCUT2D eigenvalue weighted by Gasteiger charge is -2.11. The third-order valence-electron chi connectivity index (χ3n) is 5.84. The maximum atomic E-state index is 13.1. The maximum Gasteiger partial charge on any atom is 0.148 e. The van der Waals surface area contributed by atoms with Gasteiger partial charge in [-0.1, -0.05) is 18.2 Å². The zero-order valence-corrected chi connectivity index (χ0v) is 22.7. The van der Waals surface area contributed by atoms with Crippen LogP contribution in [-0.2, 0) is 23.0 Å². The molecule has 0 unspecified atom stereocenters. The summed E-state index contributed by atoms with van der Waals surface area (Å²) in [6.45, 7) is 1.26. The van der Waals surface area contributed by atoms with E-state index in [0.717, 1.165) is 37.6 Å². The molecule has 0 saturated carbocycles. The van der Waals surface area contributed by atoms with Gasteiger partial charge in [-0.3, -0.25) is 0 Å². The summed E-state index contributed by atoms with van der Waals surface area (Å²) in [4.78, 5) is 14.3. The van der Waals surface area contributed by atoms with E-state index in [1.54, 1.807) is 23.5 Å². The van der Waals surface area contributed by atoms with Crippen LogP contribution in [0.3, 0.4) is 0 Å². The van der Waals surface area contributed by atoms with Crippen LogP contribution in [0.5, 0.6) is 5.75 Å². The van der Waals surface area contributed by atoms with Crippen LogP contribution in [-0.4, -0.2) is 41.9 Å². The number of anilines is 2. The molecule has 3 aromatic carbocycles. The topological polar surface area (TPSA) is 106 Å². The van der Waals surface area contributed by atoms with Gasteiger partial charge >= 0.3 is 0 Å². The minimum atomic E-state index is -2.99. The summed E-state index contributed by atoms with van der Waals surface area (Å²) in [5.41, 5.74) is 3.53. The number of halogens is 1. The van der Waals surface area contributed by atoms with Crippen molar-refractivity contribution in [1.82, 2.24) is 20.3 Å². The van der Waals surface area contributed by atoms with Crippen LogP contribution in [0.1, 0.15) is 10.6 Å². The number of benzene rings is 3. The van der Waals surface area contributed by atoms with Crippen LogP contribution in [0.15, 0.2) is 79.3 Å². The SMILES string of the molecule is CS(=O)(=O)CCNCc1ncc(-c2ccc3c(Nc4ccc(OCc5ccc(F)cc5)cc4)ncnc3c2)s1. The Morgan fingerprint density at radius 2 is 1.77 bits per heavy atom. The number of aromatic nitrogens is 3. The molecule has 0 fully saturated rings. The summed E-state index contributed by atoms with van der Waals surface area (Å²) in [6, 6.07) is 19.8. The molecular weight excluding hydrogens is 537 g/mol. The first-order valence-corrected chi connectivity index (χ1v) is 15.0. The fraction of sp³-hybridized carbons (Fsp3) is 0.179. The number of ether oxygens (including phenoxy) is 1. The second-order valence-corrected chi connectivity index (χ2v) is 12.3. The van der Waals surface area contributed by atoms with Gasteiger partial charge < -0.3 is 15.4 Å². The average molecular weight is 564 g/mol. The van der Waals surface area contributed by atoms with Crippen molar-refractivity contribution in [3.05, 3.63) is 95.6 Å². The highest BCUT2D eigenvalue weighted by Gasteiger charge is 2.10. The van der Waals surface area contributed by atoms with Crippen LogP contribution in [0.2, 0.25) is 0 Å². The smallest absolute Gasteiger partial charge is 0.148 e. The number of fused-ring (bicyclic) bond motifs is 1. The number of hydrogen-bond acceptors (Lipinski definition) is 9. The minimum absolute atomic E-state index is 0.0986. The minimum Gasteiger partial charge on any atom is -0.489 e. The van der Waals surface area contributed by atoms with E-state index in [9.17, 15) is 12.8 Å². The largest absolute Gasteiger partial charge is 0.489 e. The van der Waals surface area contributed by atoms with E-state index in [4.69, 9.17) is 4.74 Å². The van der Waals surface area contributed by atoms with Gasteiger partial charge in [0.2, 0.25) is 0 Å². The maximum absolute atomic E-state index is 13.1. The normalized spacial score (nSPS) is 11.5. The molecule has 11 heteroatoms. The van der Waals surface area contributed by atoms with Crippen LogP contribution in [0.4, 0.5) is 15.9 Å². The van der Waals surface area contributed by atoms with Gasteiger partial charge in [0.25, 0.3) is 0 Å². The second kappa shape index (κ2) is 11.9. The quantitative estimate of drug-likeness (QED) is 0.207. The molecule has 0 saturated heterocycles. The Labute approximate surface area is 229 Å². The summed E-state index contributed by atoms with van der Waals surface area (Å²) in [6.07, 6.45) is 4.57. The van der Waals surface area contributed by atoms with Crippen LogP contribution < -0.4 is 15.4 Å². The molecule has 2 heterocycles. The Hall–Kier alpha value is -3.93. The van der Waals surface area contributed by atoms with Gasteiger partial charge in [0.05, 0.1) is 16.1 Å². The molecule has 0 bridgehead atoms. The fourth-order valence-electron chi connectivity index (χ4n) is 3.81. The van der Waals surface area contributed by atoms with Crippen molar-refractivity contribution in [2.75, 3.05) is 23.9 Å². The molecule has 0 radical (unpaired) electrons. The first-order valence-electron chi connectivity index (χ1n) is 12.1. The number of sulfone groups is 1. The van der Waals surface area contributed by atoms with Crippen molar-refractivity contribution in [2.24, 2.45) is 0 Å². The molecule has 5 aromatic rings. The van der Waals surface area contributed by atoms with Crippen LogP contribution in [0.25, 0.3) is 21.3 Å². The Morgan fingerprint density at radius 1 is 0.974 bits per heavy atom. The summed E-state index contributed by atoms with van der Waals surface area (Å²) >= 11 is 1.55. The summed E-state index contributed by atoms with van der Waals surface area (Å²) in [5.74, 6) is 1.22. The molecule has 0 aliphatic carbocycles. The number of rotatable bonds is 11. The van der Waals surface area contributed by atoms with Crippen molar-refractivity contribution in [2.45, 2.75) is 13.2 Å². The van der Waals surface area contributed by atoms with Crippen molar-refractivity contribution in [1.29, 1.82) is 0 Å². The van der Waals surface area contributed by atoms with Crippen LogP contribution >= 0.6 is 11.3 Å². The zero-order chi connectivity index (χ0) is 27.2. The van der Waals surface area contributed by atoms with E-state index >= 15 is 0 Å². The molecule has 5 rings (SSSR count). The molecule has 0 aliphatic heterocycles. The summed E-state index contributed by atoms with van der Waals surface area (Å²) in [7, 11) is -2.99. The van der Waals surface area contributed by atoms with Gasteiger partial charge in [-0.15, -0.1) is 11.3 Å². The number of nitrogens with one attached hydrogen (secondary N) is 2. The molecular formula is C28H26FN5O3S2. The highest BCUT2D eigenvalue weighted by molar-refractivity contribution is 7.90. The van der Waals surface area contributed by atoms with Crippen molar-refractivity contribution in [3.8, 4) is 16.2 Å². The molecule has 2 N–H and O–H groups in total. The molecule has 39 heavy (non-hydrogen) atoms. The lowest BCUT2D eigenvalue weighted by Crippen LogP contribution is -2.21. The van der Waals surface area contributed by atoms with Gasteiger partial charge in [0.1, 0.15) is 45.2 Å². The Bertz CT molecular complexity index is 1670. The monoisotopic (exact) mass is 563 g/mol. The number of thiazole rings is 1. The van der Waals surface area contributed by atoms with Gasteiger partial charge in [-0.2, -0.15) is 0 Å². The molecule has 0 atom stereocenters. The number of nitrogens with zero attached hydrogens (tertiary/aromatic N) is 3. The summed E-state index contributed by atoms with van der Waals surface area (Å²) in [5, 5.41) is 8.23. The lowest BCUT2D eigenvalue weighted by molar-refractivity contribution is 0.306. The fourth-order valence-corrected chi connectivity index (χ4v) is 5.21. The van der Waals surface area contributed by atoms with E-state index in [1.165, 1.54) is 24.7 Å².